The Morgan fingerprint density at radius 1 is 1.44 bits per heavy atom. The largest absolute Gasteiger partial charge is 0.361 e. The smallest absolute Gasteiger partial charge is 0.222 e. The third kappa shape index (κ3) is 1.94. The van der Waals surface area contributed by atoms with Crippen molar-refractivity contribution in [2.24, 2.45) is 5.92 Å². The van der Waals surface area contributed by atoms with Crippen LogP contribution in [-0.4, -0.2) is 17.9 Å². The molecule has 2 aromatic rings. The average molecular weight is 216 g/mol. The van der Waals surface area contributed by atoms with E-state index >= 15 is 0 Å². The number of benzene rings is 1. The van der Waals surface area contributed by atoms with E-state index in [2.05, 4.69) is 16.4 Å². The van der Waals surface area contributed by atoms with E-state index < -0.39 is 0 Å². The number of hydrogen-bond acceptors (Lipinski definition) is 1. The average Bonchev–Trinajstić information content (AvgIpc) is 2.72. The van der Waals surface area contributed by atoms with Crippen molar-refractivity contribution in [1.29, 1.82) is 0 Å². The molecule has 16 heavy (non-hydrogen) atoms. The van der Waals surface area contributed by atoms with Crippen molar-refractivity contribution in [3.63, 3.8) is 0 Å². The first-order chi connectivity index (χ1) is 7.72. The van der Waals surface area contributed by atoms with E-state index in [1.54, 1.807) is 7.05 Å². The summed E-state index contributed by atoms with van der Waals surface area (Å²) in [6.45, 7) is 1.95. The lowest BCUT2D eigenvalue weighted by Crippen LogP contribution is -2.26. The molecule has 1 aromatic heterocycles. The molecule has 0 unspecified atom stereocenters. The lowest BCUT2D eigenvalue weighted by atomic mass is 10.00. The van der Waals surface area contributed by atoms with Crippen molar-refractivity contribution >= 4 is 16.8 Å². The van der Waals surface area contributed by atoms with Crippen LogP contribution < -0.4 is 5.32 Å². The Morgan fingerprint density at radius 3 is 2.94 bits per heavy atom. The standard InChI is InChI=1S/C13H16N2O/c1-9(13(16)14-2)7-10-8-15-12-6-4-3-5-11(10)12/h3-6,8-9,15H,7H2,1-2H3,(H,14,16)/t9-/m0/s1. The van der Waals surface area contributed by atoms with Crippen LogP contribution in [0.4, 0.5) is 0 Å². The predicted molar refractivity (Wildman–Crippen MR) is 65.2 cm³/mol. The summed E-state index contributed by atoms with van der Waals surface area (Å²) >= 11 is 0. The number of para-hydroxylation sites is 1. The number of carbonyl (C=O) groups is 1. The fraction of sp³-hybridized carbons (Fsp3) is 0.308. The third-order valence-electron chi connectivity index (χ3n) is 2.90. The van der Waals surface area contributed by atoms with Gasteiger partial charge in [-0.2, -0.15) is 0 Å². The first kappa shape index (κ1) is 10.7. The minimum Gasteiger partial charge on any atom is -0.361 e. The summed E-state index contributed by atoms with van der Waals surface area (Å²) in [7, 11) is 1.67. The van der Waals surface area contributed by atoms with Crippen LogP contribution in [0.3, 0.4) is 0 Å². The van der Waals surface area contributed by atoms with E-state index in [1.165, 1.54) is 10.9 Å². The topological polar surface area (TPSA) is 44.9 Å². The highest BCUT2D eigenvalue weighted by Crippen LogP contribution is 2.20. The van der Waals surface area contributed by atoms with Gasteiger partial charge in [-0.25, -0.2) is 0 Å². The van der Waals surface area contributed by atoms with Crippen molar-refractivity contribution in [2.45, 2.75) is 13.3 Å². The number of carbonyl (C=O) groups excluding carboxylic acids is 1. The molecule has 3 heteroatoms. The molecule has 0 saturated carbocycles. The minimum atomic E-state index is 0.00389. The van der Waals surface area contributed by atoms with Gasteiger partial charge in [0.15, 0.2) is 0 Å². The fourth-order valence-corrected chi connectivity index (χ4v) is 1.97. The van der Waals surface area contributed by atoms with Gasteiger partial charge in [-0.15, -0.1) is 0 Å². The molecule has 1 heterocycles. The molecule has 1 amide bonds. The fourth-order valence-electron chi connectivity index (χ4n) is 1.97. The second-order valence-electron chi connectivity index (χ2n) is 4.08. The first-order valence-electron chi connectivity index (χ1n) is 5.49. The second-order valence-corrected chi connectivity index (χ2v) is 4.08. The number of aromatic amines is 1. The molecule has 0 saturated heterocycles. The van der Waals surface area contributed by atoms with Crippen molar-refractivity contribution < 1.29 is 4.79 Å². The lowest BCUT2D eigenvalue weighted by molar-refractivity contribution is -0.123. The molecule has 0 aliphatic rings. The van der Waals surface area contributed by atoms with Gasteiger partial charge in [-0.1, -0.05) is 25.1 Å². The van der Waals surface area contributed by atoms with Gasteiger partial charge in [-0.05, 0) is 18.1 Å². The van der Waals surface area contributed by atoms with Crippen LogP contribution in [0.2, 0.25) is 0 Å². The summed E-state index contributed by atoms with van der Waals surface area (Å²) in [6, 6.07) is 8.15. The number of H-pyrrole nitrogens is 1. The van der Waals surface area contributed by atoms with E-state index in [0.717, 1.165) is 11.9 Å². The molecule has 0 spiro atoms. The van der Waals surface area contributed by atoms with Crippen LogP contribution >= 0.6 is 0 Å². The zero-order valence-corrected chi connectivity index (χ0v) is 9.58. The Kier molecular flexibility index (Phi) is 2.95. The molecule has 0 aliphatic heterocycles. The Hall–Kier alpha value is -1.77. The number of aromatic nitrogens is 1. The quantitative estimate of drug-likeness (QED) is 0.810. The van der Waals surface area contributed by atoms with Crippen LogP contribution in [0, 0.1) is 5.92 Å². The summed E-state index contributed by atoms with van der Waals surface area (Å²) < 4.78 is 0. The molecule has 0 bridgehead atoms. The Morgan fingerprint density at radius 2 is 2.19 bits per heavy atom. The molecule has 84 valence electrons. The van der Waals surface area contributed by atoms with Gasteiger partial charge in [0.25, 0.3) is 0 Å². The molecule has 0 fully saturated rings. The summed E-state index contributed by atoms with van der Waals surface area (Å²) in [5.74, 6) is 0.0921. The zero-order valence-electron chi connectivity index (χ0n) is 9.58. The highest BCUT2D eigenvalue weighted by molar-refractivity contribution is 5.84. The van der Waals surface area contributed by atoms with Crippen molar-refractivity contribution in [1.82, 2.24) is 10.3 Å². The second kappa shape index (κ2) is 4.39. The maximum atomic E-state index is 11.5. The monoisotopic (exact) mass is 216 g/mol. The molecular formula is C13H16N2O. The van der Waals surface area contributed by atoms with Crippen molar-refractivity contribution in [3.05, 3.63) is 36.0 Å². The maximum Gasteiger partial charge on any atom is 0.222 e. The van der Waals surface area contributed by atoms with Gasteiger partial charge in [0.1, 0.15) is 0 Å². The van der Waals surface area contributed by atoms with E-state index in [1.807, 2.05) is 31.3 Å². The van der Waals surface area contributed by atoms with Gasteiger partial charge in [0.05, 0.1) is 0 Å². The zero-order chi connectivity index (χ0) is 11.5. The highest BCUT2D eigenvalue weighted by Gasteiger charge is 2.13. The molecule has 3 nitrogen and oxygen atoms in total. The van der Waals surface area contributed by atoms with Crippen LogP contribution in [-0.2, 0) is 11.2 Å². The van der Waals surface area contributed by atoms with Crippen LogP contribution in [0.5, 0.6) is 0 Å². The molecule has 1 atom stereocenters. The summed E-state index contributed by atoms with van der Waals surface area (Å²) in [5, 5.41) is 3.88. The number of amides is 1. The summed E-state index contributed by atoms with van der Waals surface area (Å²) in [5.41, 5.74) is 2.33. The van der Waals surface area contributed by atoms with Crippen LogP contribution in [0.1, 0.15) is 12.5 Å². The van der Waals surface area contributed by atoms with Crippen molar-refractivity contribution in [2.75, 3.05) is 7.05 Å². The highest BCUT2D eigenvalue weighted by atomic mass is 16.1. The molecular weight excluding hydrogens is 200 g/mol. The van der Waals surface area contributed by atoms with E-state index in [0.29, 0.717) is 0 Å². The first-order valence-corrected chi connectivity index (χ1v) is 5.49. The summed E-state index contributed by atoms with van der Waals surface area (Å²) in [6.07, 6.45) is 2.76. The number of rotatable bonds is 3. The normalized spacial score (nSPS) is 12.6. The molecule has 2 N–H and O–H groups in total. The molecule has 1 aromatic carbocycles. The van der Waals surface area contributed by atoms with Gasteiger partial charge in [-0.3, -0.25) is 4.79 Å². The van der Waals surface area contributed by atoms with Crippen molar-refractivity contribution in [3.8, 4) is 0 Å². The lowest BCUT2D eigenvalue weighted by Gasteiger charge is -2.08. The van der Waals surface area contributed by atoms with Gasteiger partial charge >= 0.3 is 0 Å². The van der Waals surface area contributed by atoms with Crippen LogP contribution in [0.15, 0.2) is 30.5 Å². The number of nitrogens with one attached hydrogen (secondary N) is 2. The van der Waals surface area contributed by atoms with Crippen LogP contribution in [0.25, 0.3) is 10.9 Å². The summed E-state index contributed by atoms with van der Waals surface area (Å²) in [4.78, 5) is 14.7. The van der Waals surface area contributed by atoms with Gasteiger partial charge in [0.2, 0.25) is 5.91 Å². The van der Waals surface area contributed by atoms with Gasteiger partial charge < -0.3 is 10.3 Å². The van der Waals surface area contributed by atoms with E-state index in [-0.39, 0.29) is 11.8 Å². The maximum absolute atomic E-state index is 11.5. The van der Waals surface area contributed by atoms with Gasteiger partial charge in [0, 0.05) is 30.1 Å². The minimum absolute atomic E-state index is 0.00389. The Labute approximate surface area is 94.9 Å². The third-order valence-corrected chi connectivity index (χ3v) is 2.90. The number of hydrogen-bond donors (Lipinski definition) is 2. The molecule has 0 aliphatic carbocycles. The van der Waals surface area contributed by atoms with E-state index in [4.69, 9.17) is 0 Å². The molecule has 0 radical (unpaired) electrons. The van der Waals surface area contributed by atoms with E-state index in [9.17, 15) is 4.79 Å². The molecule has 2 rings (SSSR count). The predicted octanol–water partition coefficient (Wildman–Crippen LogP) is 2.09. The Balaban J connectivity index is 2.24. The SMILES string of the molecule is CNC(=O)[C@@H](C)Cc1c[nH]c2ccccc12. The Bertz CT molecular complexity index is 501. The number of fused-ring (bicyclic) bond motifs is 1.